The van der Waals surface area contributed by atoms with Gasteiger partial charge in [-0.05, 0) is 48.7 Å². The summed E-state index contributed by atoms with van der Waals surface area (Å²) >= 11 is 0. The summed E-state index contributed by atoms with van der Waals surface area (Å²) in [6.07, 6.45) is 4.21. The molecule has 0 unspecified atom stereocenters. The van der Waals surface area contributed by atoms with Crippen LogP contribution in [0.2, 0.25) is 0 Å². The number of hydrogen-bond acceptors (Lipinski definition) is 4. The van der Waals surface area contributed by atoms with E-state index in [0.717, 1.165) is 34.9 Å². The molecular formula is C22H25FIN5O2. The Kier molecular flexibility index (Phi) is 7.72. The van der Waals surface area contributed by atoms with Crippen molar-refractivity contribution in [3.8, 4) is 17.2 Å². The monoisotopic (exact) mass is 537 g/mol. The number of hydrogen-bond donors (Lipinski definition) is 2. The molecule has 2 N–H and O–H groups in total. The SMILES string of the molecule is CN=C(NCCc1ccc2c(c1)OCO2)NCc1ccc(-n2ccnc2C)c(F)c1.I. The highest BCUT2D eigenvalue weighted by Gasteiger charge is 2.13. The lowest BCUT2D eigenvalue weighted by atomic mass is 10.1. The maximum atomic E-state index is 14.5. The van der Waals surface area contributed by atoms with Crippen molar-refractivity contribution in [2.75, 3.05) is 20.4 Å². The van der Waals surface area contributed by atoms with Crippen molar-refractivity contribution < 1.29 is 13.9 Å². The summed E-state index contributed by atoms with van der Waals surface area (Å²) in [4.78, 5) is 8.37. The summed E-state index contributed by atoms with van der Waals surface area (Å²) in [5.74, 6) is 2.68. The van der Waals surface area contributed by atoms with Gasteiger partial charge in [0, 0.05) is 32.5 Å². The molecule has 2 aromatic carbocycles. The van der Waals surface area contributed by atoms with Crippen LogP contribution in [0.1, 0.15) is 17.0 Å². The van der Waals surface area contributed by atoms with E-state index in [1.165, 1.54) is 6.07 Å². The van der Waals surface area contributed by atoms with Crippen LogP contribution < -0.4 is 20.1 Å². The molecule has 0 fully saturated rings. The molecule has 4 rings (SSSR count). The molecule has 0 radical (unpaired) electrons. The first-order valence-corrected chi connectivity index (χ1v) is 9.76. The molecule has 0 amide bonds. The zero-order valence-corrected chi connectivity index (χ0v) is 19.7. The van der Waals surface area contributed by atoms with Crippen molar-refractivity contribution in [3.63, 3.8) is 0 Å². The molecule has 0 spiro atoms. The number of nitrogens with zero attached hydrogens (tertiary/aromatic N) is 3. The minimum absolute atomic E-state index is 0. The summed E-state index contributed by atoms with van der Waals surface area (Å²) in [6, 6.07) is 11.1. The number of guanidine groups is 1. The molecule has 0 saturated carbocycles. The molecule has 0 saturated heterocycles. The van der Waals surface area contributed by atoms with E-state index in [-0.39, 0.29) is 36.6 Å². The highest BCUT2D eigenvalue weighted by molar-refractivity contribution is 14.0. The molecule has 9 heteroatoms. The quantitative estimate of drug-likeness (QED) is 0.286. The maximum absolute atomic E-state index is 14.5. The molecule has 2 heterocycles. The number of aromatic nitrogens is 2. The Hall–Kier alpha value is -2.82. The van der Waals surface area contributed by atoms with Crippen LogP contribution in [-0.4, -0.2) is 35.9 Å². The van der Waals surface area contributed by atoms with Crippen LogP contribution in [0.4, 0.5) is 4.39 Å². The van der Waals surface area contributed by atoms with Gasteiger partial charge in [0.25, 0.3) is 0 Å². The molecule has 164 valence electrons. The fourth-order valence-electron chi connectivity index (χ4n) is 3.32. The highest BCUT2D eigenvalue weighted by atomic mass is 127. The number of fused-ring (bicyclic) bond motifs is 1. The average molecular weight is 537 g/mol. The molecule has 3 aromatic rings. The van der Waals surface area contributed by atoms with Gasteiger partial charge in [-0.3, -0.25) is 4.99 Å². The van der Waals surface area contributed by atoms with Gasteiger partial charge in [-0.15, -0.1) is 24.0 Å². The Labute approximate surface area is 197 Å². The van der Waals surface area contributed by atoms with Crippen LogP contribution in [0, 0.1) is 12.7 Å². The van der Waals surface area contributed by atoms with Gasteiger partial charge in [-0.1, -0.05) is 12.1 Å². The Morgan fingerprint density at radius 1 is 1.13 bits per heavy atom. The van der Waals surface area contributed by atoms with Gasteiger partial charge in [-0.2, -0.15) is 0 Å². The Balaban J connectivity index is 0.00000272. The smallest absolute Gasteiger partial charge is 0.231 e. The molecule has 1 aromatic heterocycles. The zero-order chi connectivity index (χ0) is 20.9. The zero-order valence-electron chi connectivity index (χ0n) is 17.4. The van der Waals surface area contributed by atoms with Crippen molar-refractivity contribution >= 4 is 29.9 Å². The molecule has 0 atom stereocenters. The van der Waals surface area contributed by atoms with Gasteiger partial charge in [0.05, 0.1) is 5.69 Å². The first-order valence-electron chi connectivity index (χ1n) is 9.76. The molecule has 0 aliphatic carbocycles. The van der Waals surface area contributed by atoms with Gasteiger partial charge in [0.15, 0.2) is 17.5 Å². The molecule has 1 aliphatic heterocycles. The lowest BCUT2D eigenvalue weighted by molar-refractivity contribution is 0.174. The van der Waals surface area contributed by atoms with Crippen LogP contribution in [0.3, 0.4) is 0 Å². The van der Waals surface area contributed by atoms with E-state index in [2.05, 4.69) is 20.6 Å². The third-order valence-electron chi connectivity index (χ3n) is 4.92. The summed E-state index contributed by atoms with van der Waals surface area (Å²) in [7, 11) is 1.71. The number of ether oxygens (including phenoxy) is 2. The molecule has 0 bridgehead atoms. The summed E-state index contributed by atoms with van der Waals surface area (Å²) in [5, 5.41) is 6.49. The van der Waals surface area contributed by atoms with E-state index in [1.807, 2.05) is 31.2 Å². The van der Waals surface area contributed by atoms with Crippen molar-refractivity contribution in [1.82, 2.24) is 20.2 Å². The Morgan fingerprint density at radius 2 is 1.94 bits per heavy atom. The Morgan fingerprint density at radius 3 is 2.68 bits per heavy atom. The summed E-state index contributed by atoms with van der Waals surface area (Å²) < 4.78 is 27.0. The number of rotatable bonds is 6. The molecule has 7 nitrogen and oxygen atoms in total. The van der Waals surface area contributed by atoms with Gasteiger partial charge in [-0.25, -0.2) is 9.37 Å². The van der Waals surface area contributed by atoms with Crippen molar-refractivity contribution in [3.05, 3.63) is 71.6 Å². The van der Waals surface area contributed by atoms with Crippen molar-refractivity contribution in [1.29, 1.82) is 0 Å². The van der Waals surface area contributed by atoms with E-state index in [4.69, 9.17) is 9.47 Å². The van der Waals surface area contributed by atoms with E-state index in [9.17, 15) is 4.39 Å². The van der Waals surface area contributed by atoms with Crippen molar-refractivity contribution in [2.24, 2.45) is 4.99 Å². The molecular weight excluding hydrogens is 512 g/mol. The lowest BCUT2D eigenvalue weighted by Gasteiger charge is -2.13. The van der Waals surface area contributed by atoms with Gasteiger partial charge in [0.2, 0.25) is 6.79 Å². The first-order chi connectivity index (χ1) is 14.6. The minimum Gasteiger partial charge on any atom is -0.454 e. The van der Waals surface area contributed by atoms with Crippen LogP contribution in [0.5, 0.6) is 11.5 Å². The topological polar surface area (TPSA) is 72.7 Å². The normalized spacial score (nSPS) is 12.4. The maximum Gasteiger partial charge on any atom is 0.231 e. The van der Waals surface area contributed by atoms with Crippen LogP contribution in [0.15, 0.2) is 53.8 Å². The van der Waals surface area contributed by atoms with E-state index >= 15 is 0 Å². The standard InChI is InChI=1S/C22H24FN5O2.HI/c1-15-25-9-10-28(15)19-5-3-17(11-18(19)23)13-27-22(24-2)26-8-7-16-4-6-20-21(12-16)30-14-29-20;/h3-6,9-12H,7-8,13-14H2,1-2H3,(H2,24,26,27);1H. The lowest BCUT2D eigenvalue weighted by Crippen LogP contribution is -2.37. The van der Waals surface area contributed by atoms with Crippen LogP contribution in [0.25, 0.3) is 5.69 Å². The number of nitrogens with one attached hydrogen (secondary N) is 2. The fourth-order valence-corrected chi connectivity index (χ4v) is 3.32. The molecule has 31 heavy (non-hydrogen) atoms. The number of benzene rings is 2. The third kappa shape index (κ3) is 5.46. The van der Waals surface area contributed by atoms with Crippen LogP contribution >= 0.6 is 24.0 Å². The van der Waals surface area contributed by atoms with E-state index in [1.54, 1.807) is 30.1 Å². The Bertz CT molecular complexity index is 1070. The predicted octanol–water partition coefficient (Wildman–Crippen LogP) is 3.57. The number of aliphatic imine (C=N–C) groups is 1. The molecule has 1 aliphatic rings. The summed E-state index contributed by atoms with van der Waals surface area (Å²) in [5.41, 5.74) is 2.46. The van der Waals surface area contributed by atoms with E-state index < -0.39 is 0 Å². The second kappa shape index (κ2) is 10.5. The number of aryl methyl sites for hydroxylation is 1. The second-order valence-electron chi connectivity index (χ2n) is 6.92. The van der Waals surface area contributed by atoms with E-state index in [0.29, 0.717) is 24.7 Å². The third-order valence-corrected chi connectivity index (χ3v) is 4.92. The predicted molar refractivity (Wildman–Crippen MR) is 128 cm³/mol. The number of halogens is 2. The second-order valence-corrected chi connectivity index (χ2v) is 6.92. The fraction of sp³-hybridized carbons (Fsp3) is 0.273. The van der Waals surface area contributed by atoms with Crippen molar-refractivity contribution in [2.45, 2.75) is 19.9 Å². The van der Waals surface area contributed by atoms with Crippen LogP contribution in [-0.2, 0) is 13.0 Å². The average Bonchev–Trinajstić information content (AvgIpc) is 3.39. The summed E-state index contributed by atoms with van der Waals surface area (Å²) in [6.45, 7) is 3.28. The van der Waals surface area contributed by atoms with Gasteiger partial charge in [0.1, 0.15) is 11.6 Å². The van der Waals surface area contributed by atoms with Gasteiger partial charge >= 0.3 is 0 Å². The highest BCUT2D eigenvalue weighted by Crippen LogP contribution is 2.32. The largest absolute Gasteiger partial charge is 0.454 e. The minimum atomic E-state index is -0.291. The first kappa shape index (κ1) is 22.9. The number of imidazole rings is 1. The van der Waals surface area contributed by atoms with Gasteiger partial charge < -0.3 is 24.7 Å².